The first kappa shape index (κ1) is 21.7. The van der Waals surface area contributed by atoms with Crippen LogP contribution in [-0.2, 0) is 21.2 Å². The monoisotopic (exact) mass is 442 g/mol. The van der Waals surface area contributed by atoms with E-state index in [1.165, 1.54) is 24.3 Å². The Hall–Kier alpha value is -3.00. The van der Waals surface area contributed by atoms with Gasteiger partial charge in [-0.15, -0.1) is 0 Å². The number of benzene rings is 3. The number of halogens is 1. The van der Waals surface area contributed by atoms with E-state index >= 15 is 0 Å². The van der Waals surface area contributed by atoms with Gasteiger partial charge >= 0.3 is 0 Å². The molecule has 1 amide bonds. The van der Waals surface area contributed by atoms with Gasteiger partial charge < -0.3 is 5.32 Å². The van der Waals surface area contributed by atoms with Crippen LogP contribution in [0.2, 0.25) is 5.02 Å². The Morgan fingerprint density at radius 3 is 2.30 bits per heavy atom. The summed E-state index contributed by atoms with van der Waals surface area (Å²) in [4.78, 5) is 25.1. The van der Waals surface area contributed by atoms with Crippen LogP contribution in [0.15, 0.2) is 71.6 Å². The molecule has 0 saturated carbocycles. The van der Waals surface area contributed by atoms with Crippen molar-refractivity contribution < 1.29 is 18.0 Å². The molecular formula is C22H19ClN2O4S. The summed E-state index contributed by atoms with van der Waals surface area (Å²) in [5.41, 5.74) is 2.91. The van der Waals surface area contributed by atoms with E-state index < -0.39 is 10.0 Å². The summed E-state index contributed by atoms with van der Waals surface area (Å²) in [6.07, 6.45) is 0.0500. The van der Waals surface area contributed by atoms with Crippen LogP contribution in [0.3, 0.4) is 0 Å². The number of nitrogens with one attached hydrogen (secondary N) is 1. The SMILES string of the molecule is Cc1cc(CC(=O)Nc2ccc(S(N)(=O)=O)cc2)cc(C(=O)c2cccc(Cl)c2)c1. The topological polar surface area (TPSA) is 106 Å². The lowest BCUT2D eigenvalue weighted by Gasteiger charge is -2.09. The fraction of sp³-hybridized carbons (Fsp3) is 0.0909. The molecule has 3 aromatic carbocycles. The van der Waals surface area contributed by atoms with E-state index in [-0.39, 0.29) is 23.0 Å². The fourth-order valence-corrected chi connectivity index (χ4v) is 3.72. The summed E-state index contributed by atoms with van der Waals surface area (Å²) in [6, 6.07) is 17.5. The molecule has 0 aromatic heterocycles. The van der Waals surface area contributed by atoms with Crippen molar-refractivity contribution >= 4 is 39.0 Å². The normalized spacial score (nSPS) is 11.2. The molecule has 0 spiro atoms. The van der Waals surface area contributed by atoms with E-state index in [4.69, 9.17) is 16.7 Å². The molecule has 0 radical (unpaired) electrons. The lowest BCUT2D eigenvalue weighted by atomic mass is 9.98. The molecule has 3 N–H and O–H groups in total. The van der Waals surface area contributed by atoms with Crippen LogP contribution in [0.4, 0.5) is 5.69 Å². The molecule has 0 atom stereocenters. The molecule has 0 saturated heterocycles. The Bertz CT molecular complexity index is 1220. The number of primary sulfonamides is 1. The smallest absolute Gasteiger partial charge is 0.238 e. The van der Waals surface area contributed by atoms with Gasteiger partial charge in [0.1, 0.15) is 0 Å². The average Bonchev–Trinajstić information content (AvgIpc) is 2.66. The highest BCUT2D eigenvalue weighted by Gasteiger charge is 2.13. The van der Waals surface area contributed by atoms with Gasteiger partial charge in [0.2, 0.25) is 15.9 Å². The van der Waals surface area contributed by atoms with Crippen molar-refractivity contribution in [3.05, 3.63) is 94.0 Å². The lowest BCUT2D eigenvalue weighted by Crippen LogP contribution is -2.16. The minimum atomic E-state index is -3.79. The molecule has 0 aliphatic rings. The standard InChI is InChI=1S/C22H19ClN2O4S/c1-14-9-15(11-17(10-14)22(27)16-3-2-4-18(23)13-16)12-21(26)25-19-5-7-20(8-6-19)30(24,28)29/h2-11,13H,12H2,1H3,(H,25,26)(H2,24,28,29). The van der Waals surface area contributed by atoms with Crippen molar-refractivity contribution in [1.29, 1.82) is 0 Å². The van der Waals surface area contributed by atoms with Gasteiger partial charge in [0.25, 0.3) is 0 Å². The predicted molar refractivity (Wildman–Crippen MR) is 116 cm³/mol. The number of rotatable bonds is 6. The Balaban J connectivity index is 1.75. The zero-order valence-electron chi connectivity index (χ0n) is 16.1. The number of aryl methyl sites for hydroxylation is 1. The number of ketones is 1. The second-order valence-corrected chi connectivity index (χ2v) is 8.84. The minimum absolute atomic E-state index is 0.0386. The summed E-state index contributed by atoms with van der Waals surface area (Å²) in [5, 5.41) is 8.24. The Morgan fingerprint density at radius 2 is 1.67 bits per heavy atom. The summed E-state index contributed by atoms with van der Waals surface area (Å²) in [7, 11) is -3.79. The Morgan fingerprint density at radius 1 is 0.967 bits per heavy atom. The third kappa shape index (κ3) is 5.54. The molecule has 0 aliphatic carbocycles. The number of sulfonamides is 1. The maximum absolute atomic E-state index is 12.8. The van der Waals surface area contributed by atoms with Crippen LogP contribution < -0.4 is 10.5 Å². The first-order valence-corrected chi connectivity index (χ1v) is 10.9. The molecule has 3 rings (SSSR count). The number of hydrogen-bond acceptors (Lipinski definition) is 4. The predicted octanol–water partition coefficient (Wildman–Crippen LogP) is 3.71. The van der Waals surface area contributed by atoms with Crippen LogP contribution in [0.1, 0.15) is 27.0 Å². The molecule has 8 heteroatoms. The number of anilines is 1. The molecule has 0 fully saturated rings. The number of carbonyl (C=O) groups excluding carboxylic acids is 2. The van der Waals surface area contributed by atoms with Crippen LogP contribution >= 0.6 is 11.6 Å². The van der Waals surface area contributed by atoms with Crippen molar-refractivity contribution in [3.63, 3.8) is 0 Å². The second kappa shape index (κ2) is 8.79. The summed E-state index contributed by atoms with van der Waals surface area (Å²) < 4.78 is 22.6. The van der Waals surface area contributed by atoms with E-state index in [0.29, 0.717) is 27.4 Å². The average molecular weight is 443 g/mol. The third-order valence-corrected chi connectivity index (χ3v) is 5.48. The highest BCUT2D eigenvalue weighted by atomic mass is 35.5. The van der Waals surface area contributed by atoms with E-state index in [0.717, 1.165) is 5.56 Å². The van der Waals surface area contributed by atoms with E-state index in [1.807, 2.05) is 13.0 Å². The Kier molecular flexibility index (Phi) is 6.36. The van der Waals surface area contributed by atoms with Gasteiger partial charge in [-0.2, -0.15) is 0 Å². The zero-order chi connectivity index (χ0) is 21.9. The maximum atomic E-state index is 12.8. The number of amides is 1. The molecule has 0 unspecified atom stereocenters. The molecule has 0 bridgehead atoms. The molecule has 0 heterocycles. The largest absolute Gasteiger partial charge is 0.326 e. The maximum Gasteiger partial charge on any atom is 0.238 e. The molecule has 6 nitrogen and oxygen atoms in total. The van der Waals surface area contributed by atoms with Gasteiger partial charge in [0, 0.05) is 21.8 Å². The van der Waals surface area contributed by atoms with E-state index in [2.05, 4.69) is 5.32 Å². The van der Waals surface area contributed by atoms with Crippen LogP contribution in [0.5, 0.6) is 0 Å². The first-order chi connectivity index (χ1) is 14.1. The molecule has 3 aromatic rings. The van der Waals surface area contributed by atoms with Crippen molar-refractivity contribution in [2.45, 2.75) is 18.2 Å². The Labute approximate surface area is 179 Å². The van der Waals surface area contributed by atoms with Gasteiger partial charge in [-0.3, -0.25) is 9.59 Å². The first-order valence-electron chi connectivity index (χ1n) is 8.95. The van der Waals surface area contributed by atoms with Crippen LogP contribution in [-0.4, -0.2) is 20.1 Å². The summed E-state index contributed by atoms with van der Waals surface area (Å²) in [5.74, 6) is -0.480. The van der Waals surface area contributed by atoms with E-state index in [1.54, 1.807) is 36.4 Å². The van der Waals surface area contributed by atoms with Crippen molar-refractivity contribution in [2.75, 3.05) is 5.32 Å². The molecular weight excluding hydrogens is 424 g/mol. The number of hydrogen-bond donors (Lipinski definition) is 2. The quantitative estimate of drug-likeness (QED) is 0.567. The molecule has 154 valence electrons. The van der Waals surface area contributed by atoms with E-state index in [9.17, 15) is 18.0 Å². The molecule has 0 aliphatic heterocycles. The summed E-state index contributed by atoms with van der Waals surface area (Å²) in [6.45, 7) is 1.85. The highest BCUT2D eigenvalue weighted by molar-refractivity contribution is 7.89. The minimum Gasteiger partial charge on any atom is -0.326 e. The van der Waals surface area contributed by atoms with Gasteiger partial charge in [-0.1, -0.05) is 35.4 Å². The number of carbonyl (C=O) groups is 2. The van der Waals surface area contributed by atoms with Crippen molar-refractivity contribution in [3.8, 4) is 0 Å². The fourth-order valence-electron chi connectivity index (χ4n) is 3.01. The van der Waals surface area contributed by atoms with Gasteiger partial charge in [-0.25, -0.2) is 13.6 Å². The van der Waals surface area contributed by atoms with Crippen molar-refractivity contribution in [2.24, 2.45) is 5.14 Å². The number of nitrogens with two attached hydrogens (primary N) is 1. The highest BCUT2D eigenvalue weighted by Crippen LogP contribution is 2.19. The van der Waals surface area contributed by atoms with Gasteiger partial charge in [0.05, 0.1) is 11.3 Å². The van der Waals surface area contributed by atoms with Gasteiger partial charge in [-0.05, 0) is 61.0 Å². The third-order valence-electron chi connectivity index (χ3n) is 4.32. The van der Waals surface area contributed by atoms with Crippen molar-refractivity contribution in [1.82, 2.24) is 0 Å². The lowest BCUT2D eigenvalue weighted by molar-refractivity contribution is -0.115. The molecule has 30 heavy (non-hydrogen) atoms. The van der Waals surface area contributed by atoms with Gasteiger partial charge in [0.15, 0.2) is 5.78 Å². The van der Waals surface area contributed by atoms with Crippen LogP contribution in [0, 0.1) is 6.92 Å². The van der Waals surface area contributed by atoms with Crippen LogP contribution in [0.25, 0.3) is 0 Å². The second-order valence-electron chi connectivity index (χ2n) is 6.84. The zero-order valence-corrected chi connectivity index (χ0v) is 17.6. The summed E-state index contributed by atoms with van der Waals surface area (Å²) >= 11 is 5.97.